The predicted molar refractivity (Wildman–Crippen MR) is 109 cm³/mol. The van der Waals surface area contributed by atoms with Gasteiger partial charge in [-0.05, 0) is 61.0 Å². The summed E-state index contributed by atoms with van der Waals surface area (Å²) in [5, 5.41) is 12.0. The van der Waals surface area contributed by atoms with Gasteiger partial charge in [-0.1, -0.05) is 30.3 Å². The molecule has 0 unspecified atom stereocenters. The Hall–Kier alpha value is -3.80. The number of hydrogen-bond donors (Lipinski definition) is 2. The number of benzene rings is 3. The topological polar surface area (TPSA) is 84.9 Å². The van der Waals surface area contributed by atoms with E-state index in [1.54, 1.807) is 24.3 Å². The van der Waals surface area contributed by atoms with Crippen LogP contribution >= 0.6 is 0 Å². The van der Waals surface area contributed by atoms with Crippen molar-refractivity contribution < 1.29 is 24.2 Å². The summed E-state index contributed by atoms with van der Waals surface area (Å²) >= 11 is 0. The molecule has 29 heavy (non-hydrogen) atoms. The van der Waals surface area contributed by atoms with E-state index < -0.39 is 18.0 Å². The van der Waals surface area contributed by atoms with E-state index in [1.165, 1.54) is 31.2 Å². The largest absolute Gasteiger partial charge is 0.508 e. The molecule has 0 heterocycles. The number of amides is 1. The maximum absolute atomic E-state index is 12.3. The number of carbonyl (C=O) groups is 2. The fourth-order valence-electron chi connectivity index (χ4n) is 2.50. The highest BCUT2D eigenvalue weighted by molar-refractivity contribution is 5.97. The molecule has 6 nitrogen and oxygen atoms in total. The number of rotatable bonds is 7. The number of ether oxygens (including phenoxy) is 2. The third-order valence-electron chi connectivity index (χ3n) is 4.13. The summed E-state index contributed by atoms with van der Waals surface area (Å²) in [6, 6.07) is 22.4. The first-order valence-electron chi connectivity index (χ1n) is 9.09. The Balaban J connectivity index is 1.50. The first-order valence-corrected chi connectivity index (χ1v) is 9.09. The number of phenolic OH excluding ortho intramolecular Hbond substituents is 1. The minimum atomic E-state index is -0.981. The first kappa shape index (κ1) is 19.9. The summed E-state index contributed by atoms with van der Waals surface area (Å²) < 4.78 is 10.9. The first-order chi connectivity index (χ1) is 14.0. The van der Waals surface area contributed by atoms with Crippen molar-refractivity contribution in [2.24, 2.45) is 0 Å². The zero-order chi connectivity index (χ0) is 20.6. The van der Waals surface area contributed by atoms with Gasteiger partial charge in [0.25, 0.3) is 5.91 Å². The molecule has 0 saturated heterocycles. The van der Waals surface area contributed by atoms with Gasteiger partial charge in [-0.25, -0.2) is 4.79 Å². The summed E-state index contributed by atoms with van der Waals surface area (Å²) in [5.41, 5.74) is 1.88. The maximum atomic E-state index is 12.3. The molecule has 0 spiro atoms. The van der Waals surface area contributed by atoms with E-state index in [9.17, 15) is 14.7 Å². The minimum Gasteiger partial charge on any atom is -0.508 e. The molecule has 6 heteroatoms. The van der Waals surface area contributed by atoms with Crippen molar-refractivity contribution in [1.82, 2.24) is 0 Å². The Morgan fingerprint density at radius 1 is 0.931 bits per heavy atom. The quantitative estimate of drug-likeness (QED) is 0.591. The number of anilines is 1. The molecule has 1 atom stereocenters. The van der Waals surface area contributed by atoms with Crippen LogP contribution in [-0.2, 0) is 16.1 Å². The van der Waals surface area contributed by atoms with E-state index in [1.807, 2.05) is 30.3 Å². The monoisotopic (exact) mass is 391 g/mol. The molecule has 148 valence electrons. The van der Waals surface area contributed by atoms with Crippen molar-refractivity contribution in [2.45, 2.75) is 19.6 Å². The Kier molecular flexibility index (Phi) is 6.47. The van der Waals surface area contributed by atoms with Crippen molar-refractivity contribution in [2.75, 3.05) is 5.32 Å². The van der Waals surface area contributed by atoms with Crippen LogP contribution in [0.3, 0.4) is 0 Å². The van der Waals surface area contributed by atoms with Crippen molar-refractivity contribution in [3.8, 4) is 11.5 Å². The van der Waals surface area contributed by atoms with Gasteiger partial charge in [0.05, 0.1) is 5.56 Å². The van der Waals surface area contributed by atoms with E-state index in [0.717, 1.165) is 5.56 Å². The van der Waals surface area contributed by atoms with E-state index in [2.05, 4.69) is 5.32 Å². The standard InChI is InChI=1S/C23H21NO5/c1-16(29-23(27)18-7-11-20(25)12-8-18)22(26)24-19-9-13-21(14-10-19)28-15-17-5-3-2-4-6-17/h2-14,16,25H,15H2,1H3,(H,24,26)/t16-/m0/s1. The lowest BCUT2D eigenvalue weighted by atomic mass is 10.2. The normalized spacial score (nSPS) is 11.3. The number of hydrogen-bond acceptors (Lipinski definition) is 5. The van der Waals surface area contributed by atoms with Gasteiger partial charge in [-0.15, -0.1) is 0 Å². The van der Waals surface area contributed by atoms with E-state index >= 15 is 0 Å². The molecule has 0 saturated carbocycles. The fourth-order valence-corrected chi connectivity index (χ4v) is 2.50. The zero-order valence-electron chi connectivity index (χ0n) is 15.9. The van der Waals surface area contributed by atoms with Crippen LogP contribution in [0.2, 0.25) is 0 Å². The summed E-state index contributed by atoms with van der Waals surface area (Å²) in [6.45, 7) is 1.95. The van der Waals surface area contributed by atoms with Crippen molar-refractivity contribution in [3.63, 3.8) is 0 Å². The molecule has 0 aromatic heterocycles. The maximum Gasteiger partial charge on any atom is 0.338 e. The van der Waals surface area contributed by atoms with Crippen molar-refractivity contribution in [1.29, 1.82) is 0 Å². The van der Waals surface area contributed by atoms with Crippen LogP contribution in [0.25, 0.3) is 0 Å². The Bertz CT molecular complexity index is 953. The highest BCUT2D eigenvalue weighted by atomic mass is 16.5. The van der Waals surface area contributed by atoms with Crippen LogP contribution < -0.4 is 10.1 Å². The predicted octanol–water partition coefficient (Wildman–Crippen LogP) is 4.16. The molecule has 0 aliphatic carbocycles. The minimum absolute atomic E-state index is 0.0449. The average Bonchev–Trinajstić information content (AvgIpc) is 2.74. The van der Waals surface area contributed by atoms with Crippen LogP contribution in [0, 0.1) is 0 Å². The molecule has 3 aromatic carbocycles. The highest BCUT2D eigenvalue weighted by Crippen LogP contribution is 2.18. The van der Waals surface area contributed by atoms with Gasteiger partial charge in [0.15, 0.2) is 6.10 Å². The van der Waals surface area contributed by atoms with E-state index in [-0.39, 0.29) is 11.3 Å². The molecule has 0 aliphatic heterocycles. The van der Waals surface area contributed by atoms with Gasteiger partial charge in [0.1, 0.15) is 18.1 Å². The smallest absolute Gasteiger partial charge is 0.338 e. The van der Waals surface area contributed by atoms with Gasteiger partial charge in [-0.3, -0.25) is 4.79 Å². The average molecular weight is 391 g/mol. The van der Waals surface area contributed by atoms with Crippen LogP contribution in [0.1, 0.15) is 22.8 Å². The summed E-state index contributed by atoms with van der Waals surface area (Å²) in [6.07, 6.45) is -0.981. The molecule has 0 bridgehead atoms. The molecule has 1 amide bonds. The van der Waals surface area contributed by atoms with Gasteiger partial charge >= 0.3 is 5.97 Å². The molecule has 0 fully saturated rings. The summed E-state index contributed by atoms with van der Waals surface area (Å²) in [7, 11) is 0. The van der Waals surface area contributed by atoms with Crippen molar-refractivity contribution >= 4 is 17.6 Å². The number of carbonyl (C=O) groups excluding carboxylic acids is 2. The van der Waals surface area contributed by atoms with Gasteiger partial charge in [0.2, 0.25) is 0 Å². The molecule has 3 rings (SSSR count). The summed E-state index contributed by atoms with van der Waals surface area (Å²) in [4.78, 5) is 24.3. The van der Waals surface area contributed by atoms with Crippen LogP contribution in [0.15, 0.2) is 78.9 Å². The number of esters is 1. The summed E-state index contributed by atoms with van der Waals surface area (Å²) in [5.74, 6) is -0.366. The van der Waals surface area contributed by atoms with Crippen molar-refractivity contribution in [3.05, 3.63) is 90.0 Å². The van der Waals surface area contributed by atoms with Crippen LogP contribution in [-0.4, -0.2) is 23.1 Å². The molecule has 0 aliphatic rings. The second kappa shape index (κ2) is 9.41. The molecular formula is C23H21NO5. The lowest BCUT2D eigenvalue weighted by molar-refractivity contribution is -0.123. The van der Waals surface area contributed by atoms with Crippen LogP contribution in [0.4, 0.5) is 5.69 Å². The van der Waals surface area contributed by atoms with Gasteiger partial charge in [-0.2, -0.15) is 0 Å². The van der Waals surface area contributed by atoms with Gasteiger partial charge in [0, 0.05) is 5.69 Å². The lowest BCUT2D eigenvalue weighted by Gasteiger charge is -2.14. The Morgan fingerprint density at radius 3 is 2.24 bits per heavy atom. The van der Waals surface area contributed by atoms with Crippen LogP contribution in [0.5, 0.6) is 11.5 Å². The fraction of sp³-hybridized carbons (Fsp3) is 0.130. The molecule has 2 N–H and O–H groups in total. The Morgan fingerprint density at radius 2 is 1.59 bits per heavy atom. The number of aromatic hydroxyl groups is 1. The molecular weight excluding hydrogens is 370 g/mol. The number of nitrogens with one attached hydrogen (secondary N) is 1. The third kappa shape index (κ3) is 5.84. The zero-order valence-corrected chi connectivity index (χ0v) is 15.9. The number of phenols is 1. The lowest BCUT2D eigenvalue weighted by Crippen LogP contribution is -2.29. The SMILES string of the molecule is C[C@H](OC(=O)c1ccc(O)cc1)C(=O)Nc1ccc(OCc2ccccc2)cc1. The second-order valence-electron chi connectivity index (χ2n) is 6.38. The van der Waals surface area contributed by atoms with E-state index in [4.69, 9.17) is 9.47 Å². The third-order valence-corrected chi connectivity index (χ3v) is 4.13. The molecule has 0 radical (unpaired) electrons. The second-order valence-corrected chi connectivity index (χ2v) is 6.38. The Labute approximate surface area is 168 Å². The molecule has 3 aromatic rings. The van der Waals surface area contributed by atoms with Gasteiger partial charge < -0.3 is 19.9 Å². The van der Waals surface area contributed by atoms with E-state index in [0.29, 0.717) is 18.0 Å². The highest BCUT2D eigenvalue weighted by Gasteiger charge is 2.19.